The van der Waals surface area contributed by atoms with Gasteiger partial charge in [-0.25, -0.2) is 9.07 Å². The maximum Gasteiger partial charge on any atom is 0.246 e. The van der Waals surface area contributed by atoms with E-state index in [0.29, 0.717) is 25.2 Å². The summed E-state index contributed by atoms with van der Waals surface area (Å²) < 4.78 is 15.1. The number of nitrogens with zero attached hydrogens (tertiary/aromatic N) is 3. The van der Waals surface area contributed by atoms with E-state index in [1.807, 2.05) is 36.5 Å². The number of primary amides is 1. The van der Waals surface area contributed by atoms with E-state index in [1.165, 1.54) is 18.2 Å². The Labute approximate surface area is 179 Å². The average molecular weight is 418 g/mol. The Kier molecular flexibility index (Phi) is 5.93. The molecule has 3 aromatic rings. The third-order valence-corrected chi connectivity index (χ3v) is 5.42. The van der Waals surface area contributed by atoms with Crippen molar-refractivity contribution in [2.75, 3.05) is 13.1 Å². The second kappa shape index (κ2) is 8.95. The van der Waals surface area contributed by atoms with Gasteiger partial charge in [0.05, 0.1) is 17.3 Å². The van der Waals surface area contributed by atoms with E-state index in [2.05, 4.69) is 5.10 Å². The topological polar surface area (TPSA) is 81.2 Å². The Balaban J connectivity index is 1.63. The van der Waals surface area contributed by atoms with Crippen molar-refractivity contribution < 1.29 is 14.0 Å². The van der Waals surface area contributed by atoms with E-state index < -0.39 is 0 Å². The van der Waals surface area contributed by atoms with Gasteiger partial charge in [-0.1, -0.05) is 18.2 Å². The summed E-state index contributed by atoms with van der Waals surface area (Å²) in [5, 5.41) is 4.66. The highest BCUT2D eigenvalue weighted by Gasteiger charge is 2.26. The second-order valence-corrected chi connectivity index (χ2v) is 7.58. The lowest BCUT2D eigenvalue weighted by atomic mass is 9.97. The third-order valence-electron chi connectivity index (χ3n) is 5.42. The van der Waals surface area contributed by atoms with Gasteiger partial charge in [0.2, 0.25) is 11.8 Å². The number of benzene rings is 2. The summed E-state index contributed by atoms with van der Waals surface area (Å²) >= 11 is 0. The van der Waals surface area contributed by atoms with Crippen molar-refractivity contribution in [2.24, 2.45) is 11.7 Å². The first-order chi connectivity index (χ1) is 15.0. The number of nitrogens with two attached hydrogens (primary N) is 1. The van der Waals surface area contributed by atoms with Gasteiger partial charge in [0.15, 0.2) is 0 Å². The van der Waals surface area contributed by atoms with Crippen molar-refractivity contribution in [1.29, 1.82) is 0 Å². The number of carbonyl (C=O) groups is 2. The molecule has 1 aromatic heterocycles. The summed E-state index contributed by atoms with van der Waals surface area (Å²) in [6.45, 7) is 0.938. The number of hydrogen-bond acceptors (Lipinski definition) is 3. The molecule has 0 radical (unpaired) electrons. The summed E-state index contributed by atoms with van der Waals surface area (Å²) in [6.07, 6.45) is 6.49. The summed E-state index contributed by atoms with van der Waals surface area (Å²) in [4.78, 5) is 25.9. The van der Waals surface area contributed by atoms with E-state index >= 15 is 0 Å². The molecule has 2 heterocycles. The zero-order valence-corrected chi connectivity index (χ0v) is 16.9. The highest BCUT2D eigenvalue weighted by atomic mass is 19.1. The van der Waals surface area contributed by atoms with Gasteiger partial charge < -0.3 is 10.6 Å². The number of halogens is 1. The molecule has 2 aromatic carbocycles. The molecule has 1 aliphatic heterocycles. The summed E-state index contributed by atoms with van der Waals surface area (Å²) in [5.74, 6) is -1.18. The minimum Gasteiger partial charge on any atom is -0.369 e. The van der Waals surface area contributed by atoms with Crippen LogP contribution in [0.3, 0.4) is 0 Å². The van der Waals surface area contributed by atoms with Gasteiger partial charge in [-0.15, -0.1) is 0 Å². The van der Waals surface area contributed by atoms with E-state index in [-0.39, 0.29) is 23.5 Å². The largest absolute Gasteiger partial charge is 0.369 e. The van der Waals surface area contributed by atoms with Crippen LogP contribution in [0.2, 0.25) is 0 Å². The molecule has 0 aliphatic carbocycles. The molecule has 1 atom stereocenters. The van der Waals surface area contributed by atoms with E-state index in [4.69, 9.17) is 5.73 Å². The third kappa shape index (κ3) is 4.71. The minimum atomic E-state index is -0.371. The molecule has 4 rings (SSSR count). The van der Waals surface area contributed by atoms with E-state index in [1.54, 1.807) is 27.8 Å². The molecule has 2 N–H and O–H groups in total. The van der Waals surface area contributed by atoms with E-state index in [9.17, 15) is 14.0 Å². The first-order valence-corrected chi connectivity index (χ1v) is 10.2. The Morgan fingerprint density at radius 2 is 1.84 bits per heavy atom. The lowest BCUT2D eigenvalue weighted by molar-refractivity contribution is -0.130. The summed E-state index contributed by atoms with van der Waals surface area (Å²) in [5.41, 5.74) is 8.40. The molecule has 1 fully saturated rings. The van der Waals surface area contributed by atoms with Gasteiger partial charge in [0, 0.05) is 36.5 Å². The van der Waals surface area contributed by atoms with Gasteiger partial charge in [-0.2, -0.15) is 5.10 Å². The van der Waals surface area contributed by atoms with Crippen molar-refractivity contribution >= 4 is 17.9 Å². The number of rotatable bonds is 5. The van der Waals surface area contributed by atoms with Gasteiger partial charge in [0.25, 0.3) is 0 Å². The molecule has 1 saturated heterocycles. The normalized spacial score (nSPS) is 16.5. The lowest BCUT2D eigenvalue weighted by Gasteiger charge is -2.30. The van der Waals surface area contributed by atoms with Crippen molar-refractivity contribution in [1.82, 2.24) is 14.7 Å². The fraction of sp³-hybridized carbons (Fsp3) is 0.208. The zero-order valence-electron chi connectivity index (χ0n) is 16.9. The molecule has 0 saturated carbocycles. The standard InChI is InChI=1S/C24H23FN4O2/c25-20-11-8-17(9-12-20)23-18(16-29(27-23)21-6-2-1-3-7-21)10-13-22(30)28-14-4-5-19(15-28)24(26)31/h1-3,6-13,16,19H,4-5,14-15H2,(H2,26,31). The fourth-order valence-corrected chi connectivity index (χ4v) is 3.73. The van der Waals surface area contributed by atoms with Crippen molar-refractivity contribution in [2.45, 2.75) is 12.8 Å². The van der Waals surface area contributed by atoms with Crippen LogP contribution in [0.15, 0.2) is 66.9 Å². The minimum absolute atomic E-state index is 0.177. The molecule has 31 heavy (non-hydrogen) atoms. The first kappa shape index (κ1) is 20.5. The van der Waals surface area contributed by atoms with Gasteiger partial charge in [-0.3, -0.25) is 9.59 Å². The van der Waals surface area contributed by atoms with Gasteiger partial charge >= 0.3 is 0 Å². The zero-order chi connectivity index (χ0) is 21.8. The molecule has 2 amide bonds. The highest BCUT2D eigenvalue weighted by molar-refractivity contribution is 5.93. The molecule has 7 heteroatoms. The highest BCUT2D eigenvalue weighted by Crippen LogP contribution is 2.25. The van der Waals surface area contributed by atoms with Crippen LogP contribution in [0.1, 0.15) is 18.4 Å². The van der Waals surface area contributed by atoms with Crippen molar-refractivity contribution in [3.63, 3.8) is 0 Å². The SMILES string of the molecule is NC(=O)C1CCCN(C(=O)C=Cc2cn(-c3ccccc3)nc2-c2ccc(F)cc2)C1. The number of aromatic nitrogens is 2. The summed E-state index contributed by atoms with van der Waals surface area (Å²) in [6, 6.07) is 15.7. The number of carbonyl (C=O) groups excluding carboxylic acids is 2. The number of amides is 2. The van der Waals surface area contributed by atoms with Crippen molar-refractivity contribution in [3.8, 4) is 16.9 Å². The van der Waals surface area contributed by atoms with Crippen molar-refractivity contribution in [3.05, 3.63) is 78.3 Å². The van der Waals surface area contributed by atoms with Crippen LogP contribution < -0.4 is 5.73 Å². The van der Waals surface area contributed by atoms with E-state index in [0.717, 1.165) is 23.2 Å². The Bertz CT molecular complexity index is 1110. The molecule has 6 nitrogen and oxygen atoms in total. The molecule has 1 unspecified atom stereocenters. The van der Waals surface area contributed by atoms with Crippen LogP contribution >= 0.6 is 0 Å². The maximum atomic E-state index is 13.4. The molecule has 1 aliphatic rings. The smallest absolute Gasteiger partial charge is 0.246 e. The average Bonchev–Trinajstić information content (AvgIpc) is 3.23. The van der Waals surface area contributed by atoms with Crippen LogP contribution in [-0.2, 0) is 9.59 Å². The number of likely N-dealkylation sites (tertiary alicyclic amines) is 1. The number of hydrogen-bond donors (Lipinski definition) is 1. The molecular weight excluding hydrogens is 395 g/mol. The molecule has 0 spiro atoms. The van der Waals surface area contributed by atoms with Crippen LogP contribution in [0.25, 0.3) is 23.0 Å². The fourth-order valence-electron chi connectivity index (χ4n) is 3.73. The number of para-hydroxylation sites is 1. The van der Waals surface area contributed by atoms with Crippen LogP contribution in [0, 0.1) is 11.7 Å². The van der Waals surface area contributed by atoms with Crippen LogP contribution in [0.4, 0.5) is 4.39 Å². The Morgan fingerprint density at radius 3 is 2.55 bits per heavy atom. The van der Waals surface area contributed by atoms with Gasteiger partial charge in [-0.05, 0) is 55.3 Å². The summed E-state index contributed by atoms with van der Waals surface area (Å²) in [7, 11) is 0. The van der Waals surface area contributed by atoms with Crippen LogP contribution in [-0.4, -0.2) is 39.6 Å². The Hall–Kier alpha value is -3.74. The quantitative estimate of drug-likeness (QED) is 0.645. The van der Waals surface area contributed by atoms with Crippen LogP contribution in [0.5, 0.6) is 0 Å². The number of piperidine rings is 1. The molecule has 158 valence electrons. The van der Waals surface area contributed by atoms with Gasteiger partial charge in [0.1, 0.15) is 5.82 Å². The monoisotopic (exact) mass is 418 g/mol. The second-order valence-electron chi connectivity index (χ2n) is 7.58. The Morgan fingerprint density at radius 1 is 1.10 bits per heavy atom. The molecule has 0 bridgehead atoms. The predicted octanol–water partition coefficient (Wildman–Crippen LogP) is 3.42. The lowest BCUT2D eigenvalue weighted by Crippen LogP contribution is -2.43. The first-order valence-electron chi connectivity index (χ1n) is 10.2. The predicted molar refractivity (Wildman–Crippen MR) is 116 cm³/mol. The maximum absolute atomic E-state index is 13.4. The molecular formula is C24H23FN4O2.